The molecule has 0 aromatic heterocycles. The van der Waals surface area contributed by atoms with Gasteiger partial charge in [-0.3, -0.25) is 0 Å². The second-order valence-corrected chi connectivity index (χ2v) is 14.4. The van der Waals surface area contributed by atoms with Crippen LogP contribution in [0.25, 0.3) is 0 Å². The summed E-state index contributed by atoms with van der Waals surface area (Å²) in [6, 6.07) is 0. The lowest BCUT2D eigenvalue weighted by atomic mass is 10.0. The topological polar surface area (TPSA) is 3.24 Å². The van der Waals surface area contributed by atoms with Crippen LogP contribution >= 0.6 is 0 Å². The minimum atomic E-state index is 0.718. The zero-order valence-corrected chi connectivity index (χ0v) is 44.5. The van der Waals surface area contributed by atoms with Gasteiger partial charge in [0, 0.05) is 0 Å². The second kappa shape index (κ2) is 95.4. The van der Waals surface area contributed by atoms with E-state index in [1.165, 1.54) is 192 Å². The first-order chi connectivity index (χ1) is 27.8. The van der Waals surface area contributed by atoms with Gasteiger partial charge < -0.3 is 4.90 Å². The van der Waals surface area contributed by atoms with Crippen LogP contribution < -0.4 is 0 Å². The maximum absolute atomic E-state index is 4.32. The highest BCUT2D eigenvalue weighted by Gasteiger charge is 2.04. The van der Waals surface area contributed by atoms with Crippen molar-refractivity contribution in [1.29, 1.82) is 0 Å². The van der Waals surface area contributed by atoms with Crippen LogP contribution in [0.3, 0.4) is 0 Å². The predicted octanol–water partition coefficient (Wildman–Crippen LogP) is 21.8. The van der Waals surface area contributed by atoms with E-state index < -0.39 is 0 Å². The molecule has 352 valence electrons. The van der Waals surface area contributed by atoms with Gasteiger partial charge in [0.05, 0.1) is 0 Å². The van der Waals surface area contributed by atoms with Crippen molar-refractivity contribution in [2.45, 2.75) is 292 Å². The quantitative estimate of drug-likeness (QED) is 0.0516. The minimum absolute atomic E-state index is 0.718. The summed E-state index contributed by atoms with van der Waals surface area (Å²) in [6.45, 7) is 53.0. The number of nitrogens with zero attached hydrogens (tertiary/aromatic N) is 1. The Balaban J connectivity index is -0.000000103. The highest BCUT2D eigenvalue weighted by atomic mass is 15.1. The highest BCUT2D eigenvalue weighted by molar-refractivity contribution is 4.93. The molecule has 1 heteroatoms. The molecule has 0 atom stereocenters. The van der Waals surface area contributed by atoms with Crippen LogP contribution in [0.2, 0.25) is 0 Å². The summed E-state index contributed by atoms with van der Waals surface area (Å²) in [5.74, 6) is 0.718. The number of hydrogen-bond donors (Lipinski definition) is 0. The van der Waals surface area contributed by atoms with Crippen LogP contribution in [0, 0.1) is 5.92 Å². The molecule has 0 rings (SSSR count). The first-order valence-corrected chi connectivity index (χ1v) is 26.0. The highest BCUT2D eigenvalue weighted by Crippen LogP contribution is 2.17. The van der Waals surface area contributed by atoms with Crippen LogP contribution in [-0.4, -0.2) is 24.5 Å². The van der Waals surface area contributed by atoms with Crippen molar-refractivity contribution in [3.8, 4) is 0 Å². The van der Waals surface area contributed by atoms with Gasteiger partial charge in [-0.25, -0.2) is 0 Å². The molecule has 0 fully saturated rings. The molecule has 0 aromatic carbocycles. The van der Waals surface area contributed by atoms with Gasteiger partial charge in [0.25, 0.3) is 0 Å². The van der Waals surface area contributed by atoms with Gasteiger partial charge in [-0.15, -0.1) is 13.2 Å². The van der Waals surface area contributed by atoms with Crippen molar-refractivity contribution in [2.24, 2.45) is 5.92 Å². The fourth-order valence-electron chi connectivity index (χ4n) is 5.39. The lowest BCUT2D eigenvalue weighted by Gasteiger charge is -2.21. The zero-order chi connectivity index (χ0) is 46.1. The lowest BCUT2D eigenvalue weighted by molar-refractivity contribution is 0.260. The molecular formula is C56H123N. The lowest BCUT2D eigenvalue weighted by Crippen LogP contribution is -2.27. The number of rotatable bonds is 30. The average Bonchev–Trinajstić information content (AvgIpc) is 3.23. The molecule has 0 unspecified atom stereocenters. The Morgan fingerprint density at radius 1 is 0.456 bits per heavy atom. The van der Waals surface area contributed by atoms with E-state index in [4.69, 9.17) is 0 Å². The van der Waals surface area contributed by atoms with Crippen molar-refractivity contribution in [1.82, 2.24) is 4.90 Å². The van der Waals surface area contributed by atoms with Crippen LogP contribution in [0.15, 0.2) is 49.6 Å². The van der Waals surface area contributed by atoms with E-state index in [2.05, 4.69) is 98.3 Å². The standard InChI is InChI=1S/C30H59N.C6H12.C6H14.C3H8.C3H6.4C2H6/c1-5-8-10-12-14-17-21-25-30(4)26-22-18-16-20-24-29-31(27-7-3)28-23-19-15-13-11-9-6-2;1-4-5-6(2)3;1-3-5-6-4-2;2*1-3-2;4*1-2/h6H,2,4-5,7-29H2,1,3H3;4-6H,1-3H3;3-6H2,1-2H3;3H2,1-2H3;3H,1H2,2H3;4*1-2H3. The molecule has 0 bridgehead atoms. The summed E-state index contributed by atoms with van der Waals surface area (Å²) in [5.41, 5.74) is 1.51. The Morgan fingerprint density at radius 3 is 1.04 bits per heavy atom. The summed E-state index contributed by atoms with van der Waals surface area (Å²) in [5, 5.41) is 0. The van der Waals surface area contributed by atoms with E-state index >= 15 is 0 Å². The fourth-order valence-corrected chi connectivity index (χ4v) is 5.39. The minimum Gasteiger partial charge on any atom is -0.303 e. The Hall–Kier alpha value is -1.08. The van der Waals surface area contributed by atoms with Crippen molar-refractivity contribution < 1.29 is 0 Å². The molecule has 0 radical (unpaired) electrons. The van der Waals surface area contributed by atoms with Gasteiger partial charge in [-0.1, -0.05) is 256 Å². The molecule has 0 amide bonds. The summed E-state index contributed by atoms with van der Waals surface area (Å²) in [7, 11) is 0. The number of allylic oxidation sites excluding steroid dienone is 5. The Bertz CT molecular complexity index is 582. The van der Waals surface area contributed by atoms with Crippen LogP contribution in [-0.2, 0) is 0 Å². The van der Waals surface area contributed by atoms with Crippen LogP contribution in [0.4, 0.5) is 0 Å². The van der Waals surface area contributed by atoms with E-state index in [1.807, 2.05) is 69.2 Å². The van der Waals surface area contributed by atoms with E-state index in [0.717, 1.165) is 5.92 Å². The average molecular weight is 811 g/mol. The maximum atomic E-state index is 4.32. The van der Waals surface area contributed by atoms with Crippen LogP contribution in [0.5, 0.6) is 0 Å². The van der Waals surface area contributed by atoms with E-state index in [1.54, 1.807) is 6.08 Å². The third-order valence-electron chi connectivity index (χ3n) is 8.10. The Morgan fingerprint density at radius 2 is 0.754 bits per heavy atom. The number of unbranched alkanes of at least 4 members (excludes halogenated alkanes) is 18. The molecule has 0 aliphatic rings. The molecule has 0 saturated carbocycles. The van der Waals surface area contributed by atoms with Crippen molar-refractivity contribution >= 4 is 0 Å². The van der Waals surface area contributed by atoms with Gasteiger partial charge in [-0.05, 0) is 97.2 Å². The van der Waals surface area contributed by atoms with Crippen molar-refractivity contribution in [2.75, 3.05) is 19.6 Å². The van der Waals surface area contributed by atoms with E-state index in [0.29, 0.717) is 0 Å². The molecular weight excluding hydrogens is 687 g/mol. The zero-order valence-electron chi connectivity index (χ0n) is 44.5. The van der Waals surface area contributed by atoms with E-state index in [-0.39, 0.29) is 0 Å². The van der Waals surface area contributed by atoms with Crippen molar-refractivity contribution in [3.63, 3.8) is 0 Å². The number of hydrogen-bond acceptors (Lipinski definition) is 1. The van der Waals surface area contributed by atoms with Gasteiger partial charge in [0.1, 0.15) is 0 Å². The largest absolute Gasteiger partial charge is 0.303 e. The molecule has 0 saturated heterocycles. The van der Waals surface area contributed by atoms with E-state index in [9.17, 15) is 0 Å². The molecule has 0 N–H and O–H groups in total. The van der Waals surface area contributed by atoms with Gasteiger partial charge in [0.15, 0.2) is 0 Å². The Labute approximate surface area is 370 Å². The SMILES string of the molecule is C=CC.C=CCCCCCCCN(CCC)CCCCCCCC(=C)CCCCCCCCC.CC.CC.CC.CC.CC=CC(C)C.CCC.CCCCCC. The first kappa shape index (κ1) is 76.6. The molecule has 0 heterocycles. The smallest absolute Gasteiger partial charge is 0.00187 e. The molecule has 0 aromatic rings. The van der Waals surface area contributed by atoms with Crippen molar-refractivity contribution in [3.05, 3.63) is 49.6 Å². The summed E-state index contributed by atoms with van der Waals surface area (Å²) < 4.78 is 0. The van der Waals surface area contributed by atoms with Crippen LogP contribution in [0.1, 0.15) is 292 Å². The third kappa shape index (κ3) is 119. The monoisotopic (exact) mass is 810 g/mol. The predicted molar refractivity (Wildman–Crippen MR) is 281 cm³/mol. The summed E-state index contributed by atoms with van der Waals surface area (Å²) in [6.07, 6.45) is 43.6. The third-order valence-corrected chi connectivity index (χ3v) is 8.10. The summed E-state index contributed by atoms with van der Waals surface area (Å²) >= 11 is 0. The first-order valence-electron chi connectivity index (χ1n) is 26.0. The van der Waals surface area contributed by atoms with Gasteiger partial charge in [0.2, 0.25) is 0 Å². The Kier molecular flexibility index (Phi) is 128. The summed E-state index contributed by atoms with van der Waals surface area (Å²) in [4.78, 5) is 2.72. The molecule has 0 spiro atoms. The second-order valence-electron chi connectivity index (χ2n) is 14.4. The fraction of sp³-hybridized carbons (Fsp3) is 0.857. The molecule has 57 heavy (non-hydrogen) atoms. The maximum Gasteiger partial charge on any atom is -0.00187 e. The van der Waals surface area contributed by atoms with Gasteiger partial charge in [-0.2, -0.15) is 0 Å². The normalized spacial score (nSPS) is 9.26. The molecule has 0 aliphatic carbocycles. The van der Waals surface area contributed by atoms with Gasteiger partial charge >= 0.3 is 0 Å². The molecule has 1 nitrogen and oxygen atoms in total. The molecule has 0 aliphatic heterocycles.